The molecule has 11 rings (SSSR count). The Morgan fingerprint density at radius 3 is 1.55 bits per heavy atom. The van der Waals surface area contributed by atoms with E-state index in [0.717, 1.165) is 77.6 Å². The number of benzene rings is 9. The zero-order valence-electron chi connectivity index (χ0n) is 29.8. The maximum Gasteiger partial charge on any atom is 0.143 e. The SMILES string of the molecule is c1ccc(-c2ccc(N(c3ccc(-c4ccc5ccc6oc7ccccc7c6c5c4)cc3)c3ccc(-c4cccc5c4oc4ccccc45)cc3)cc2)cc1. The molecule has 0 radical (unpaired) electrons. The summed E-state index contributed by atoms with van der Waals surface area (Å²) in [5.74, 6) is 0. The van der Waals surface area contributed by atoms with Crippen LogP contribution in [0.5, 0.6) is 0 Å². The second-order valence-electron chi connectivity index (χ2n) is 14.1. The quantitative estimate of drug-likeness (QED) is 0.173. The van der Waals surface area contributed by atoms with Gasteiger partial charge in [0.1, 0.15) is 22.3 Å². The van der Waals surface area contributed by atoms with Crippen LogP contribution in [0.3, 0.4) is 0 Å². The van der Waals surface area contributed by atoms with Crippen LogP contribution in [-0.4, -0.2) is 0 Å². The third kappa shape index (κ3) is 5.28. The van der Waals surface area contributed by atoms with Gasteiger partial charge in [0.15, 0.2) is 0 Å². The summed E-state index contributed by atoms with van der Waals surface area (Å²) < 4.78 is 12.6. The van der Waals surface area contributed by atoms with E-state index in [2.05, 4.69) is 181 Å². The Balaban J connectivity index is 0.990. The minimum Gasteiger partial charge on any atom is -0.456 e. The molecule has 0 saturated carbocycles. The Kier molecular flexibility index (Phi) is 7.17. The van der Waals surface area contributed by atoms with Gasteiger partial charge in [-0.3, -0.25) is 0 Å². The van der Waals surface area contributed by atoms with Gasteiger partial charge < -0.3 is 13.7 Å². The first-order chi connectivity index (χ1) is 27.2. The fraction of sp³-hybridized carbons (Fsp3) is 0. The summed E-state index contributed by atoms with van der Waals surface area (Å²) in [6, 6.07) is 71.0. The predicted molar refractivity (Wildman–Crippen MR) is 229 cm³/mol. The molecule has 2 heterocycles. The van der Waals surface area contributed by atoms with E-state index in [9.17, 15) is 0 Å². The van der Waals surface area contributed by atoms with Crippen LogP contribution in [0, 0.1) is 0 Å². The monoisotopic (exact) mass is 703 g/mol. The van der Waals surface area contributed by atoms with Crippen molar-refractivity contribution in [3.63, 3.8) is 0 Å². The molecule has 2 aromatic heterocycles. The number of anilines is 3. The van der Waals surface area contributed by atoms with Crippen LogP contribution in [0.25, 0.3) is 88.0 Å². The highest BCUT2D eigenvalue weighted by Gasteiger charge is 2.17. The molecule has 0 spiro atoms. The molecule has 0 atom stereocenters. The Morgan fingerprint density at radius 2 is 0.836 bits per heavy atom. The van der Waals surface area contributed by atoms with Crippen molar-refractivity contribution >= 4 is 71.7 Å². The number of para-hydroxylation sites is 3. The highest BCUT2D eigenvalue weighted by molar-refractivity contribution is 6.19. The van der Waals surface area contributed by atoms with Crippen LogP contribution in [-0.2, 0) is 0 Å². The second-order valence-corrected chi connectivity index (χ2v) is 14.1. The molecule has 11 aromatic rings. The molecule has 0 bridgehead atoms. The Hall–Kier alpha value is -7.36. The maximum atomic E-state index is 6.39. The topological polar surface area (TPSA) is 29.5 Å². The Labute approximate surface area is 317 Å². The zero-order chi connectivity index (χ0) is 36.3. The van der Waals surface area contributed by atoms with Gasteiger partial charge in [0.25, 0.3) is 0 Å². The van der Waals surface area contributed by atoms with Crippen molar-refractivity contribution in [3.05, 3.63) is 200 Å². The van der Waals surface area contributed by atoms with Gasteiger partial charge in [0.2, 0.25) is 0 Å². The van der Waals surface area contributed by atoms with Crippen LogP contribution in [0.2, 0.25) is 0 Å². The summed E-state index contributed by atoms with van der Waals surface area (Å²) in [4.78, 5) is 2.33. The molecule has 0 fully saturated rings. The van der Waals surface area contributed by atoms with E-state index in [1.165, 1.54) is 27.5 Å². The van der Waals surface area contributed by atoms with Crippen molar-refractivity contribution in [2.75, 3.05) is 4.90 Å². The third-order valence-corrected chi connectivity index (χ3v) is 10.9. The fourth-order valence-electron chi connectivity index (χ4n) is 8.17. The minimum absolute atomic E-state index is 0.905. The van der Waals surface area contributed by atoms with Crippen molar-refractivity contribution in [2.45, 2.75) is 0 Å². The van der Waals surface area contributed by atoms with Crippen molar-refractivity contribution in [1.29, 1.82) is 0 Å². The summed E-state index contributed by atoms with van der Waals surface area (Å²) in [5.41, 5.74) is 13.8. The normalized spacial score (nSPS) is 11.6. The number of nitrogens with zero attached hydrogens (tertiary/aromatic N) is 1. The minimum atomic E-state index is 0.905. The maximum absolute atomic E-state index is 6.39. The fourth-order valence-corrected chi connectivity index (χ4v) is 8.17. The lowest BCUT2D eigenvalue weighted by molar-refractivity contribution is 0.669. The van der Waals surface area contributed by atoms with Gasteiger partial charge in [-0.05, 0) is 99.3 Å². The number of rotatable bonds is 6. The highest BCUT2D eigenvalue weighted by atomic mass is 16.3. The van der Waals surface area contributed by atoms with Crippen LogP contribution < -0.4 is 4.90 Å². The van der Waals surface area contributed by atoms with Crippen molar-refractivity contribution in [1.82, 2.24) is 0 Å². The average Bonchev–Trinajstić information content (AvgIpc) is 3.84. The molecule has 0 amide bonds. The average molecular weight is 704 g/mol. The van der Waals surface area contributed by atoms with Gasteiger partial charge in [-0.2, -0.15) is 0 Å². The Morgan fingerprint density at radius 1 is 0.309 bits per heavy atom. The summed E-state index contributed by atoms with van der Waals surface area (Å²) in [5, 5.41) is 6.97. The van der Waals surface area contributed by atoms with Gasteiger partial charge in [-0.25, -0.2) is 0 Å². The molecular weight excluding hydrogens is 671 g/mol. The molecule has 0 N–H and O–H groups in total. The molecule has 9 aromatic carbocycles. The smallest absolute Gasteiger partial charge is 0.143 e. The third-order valence-electron chi connectivity index (χ3n) is 10.9. The molecule has 0 aliphatic rings. The van der Waals surface area contributed by atoms with E-state index in [1.807, 2.05) is 24.3 Å². The lowest BCUT2D eigenvalue weighted by Crippen LogP contribution is -2.09. The summed E-state index contributed by atoms with van der Waals surface area (Å²) in [6.45, 7) is 0. The van der Waals surface area contributed by atoms with E-state index in [-0.39, 0.29) is 0 Å². The zero-order valence-corrected chi connectivity index (χ0v) is 29.8. The predicted octanol–water partition coefficient (Wildman–Crippen LogP) is 15.1. The van der Waals surface area contributed by atoms with Crippen LogP contribution in [0.15, 0.2) is 209 Å². The number of hydrogen-bond donors (Lipinski definition) is 0. The first-order valence-electron chi connectivity index (χ1n) is 18.7. The number of fused-ring (bicyclic) bond motifs is 8. The lowest BCUT2D eigenvalue weighted by Gasteiger charge is -2.26. The summed E-state index contributed by atoms with van der Waals surface area (Å²) in [6.07, 6.45) is 0. The van der Waals surface area contributed by atoms with Crippen molar-refractivity contribution in [2.24, 2.45) is 0 Å². The van der Waals surface area contributed by atoms with Gasteiger partial charge in [0.05, 0.1) is 0 Å². The number of furan rings is 2. The molecule has 0 saturated heterocycles. The molecular formula is C52H33NO2. The molecule has 0 unspecified atom stereocenters. The standard InChI is InChI=1S/C52H33NO2/c1-2-9-34(10-3-1)35-19-26-40(27-20-35)53(42-30-23-37(24-31-42)43-13-8-14-45-44-11-4-6-15-48(44)55-52(43)45)41-28-21-36(22-29-41)39-18-17-38-25-32-50-51(47(38)33-39)46-12-5-7-16-49(46)54-50/h1-33H. The highest BCUT2D eigenvalue weighted by Crippen LogP contribution is 2.41. The number of hydrogen-bond acceptors (Lipinski definition) is 3. The first-order valence-corrected chi connectivity index (χ1v) is 18.7. The van der Waals surface area contributed by atoms with Gasteiger partial charge in [-0.1, -0.05) is 140 Å². The van der Waals surface area contributed by atoms with E-state index < -0.39 is 0 Å². The van der Waals surface area contributed by atoms with Crippen LogP contribution >= 0.6 is 0 Å². The van der Waals surface area contributed by atoms with E-state index in [1.54, 1.807) is 0 Å². The van der Waals surface area contributed by atoms with Crippen molar-refractivity contribution in [3.8, 4) is 33.4 Å². The molecule has 55 heavy (non-hydrogen) atoms. The molecule has 258 valence electrons. The molecule has 0 aliphatic heterocycles. The summed E-state index contributed by atoms with van der Waals surface area (Å²) in [7, 11) is 0. The van der Waals surface area contributed by atoms with Gasteiger partial charge >= 0.3 is 0 Å². The van der Waals surface area contributed by atoms with Crippen LogP contribution in [0.1, 0.15) is 0 Å². The van der Waals surface area contributed by atoms with E-state index in [4.69, 9.17) is 8.83 Å². The Bertz CT molecular complexity index is 3170. The molecule has 3 heteroatoms. The largest absolute Gasteiger partial charge is 0.456 e. The van der Waals surface area contributed by atoms with Crippen molar-refractivity contribution < 1.29 is 8.83 Å². The second kappa shape index (κ2) is 12.6. The van der Waals surface area contributed by atoms with Gasteiger partial charge in [0, 0.05) is 44.2 Å². The molecule has 3 nitrogen and oxygen atoms in total. The molecule has 0 aliphatic carbocycles. The van der Waals surface area contributed by atoms with Crippen LogP contribution in [0.4, 0.5) is 17.1 Å². The first kappa shape index (κ1) is 31.2. The van der Waals surface area contributed by atoms with E-state index >= 15 is 0 Å². The van der Waals surface area contributed by atoms with Gasteiger partial charge in [-0.15, -0.1) is 0 Å². The lowest BCUT2D eigenvalue weighted by atomic mass is 9.97. The summed E-state index contributed by atoms with van der Waals surface area (Å²) >= 11 is 0. The van der Waals surface area contributed by atoms with E-state index in [0.29, 0.717) is 0 Å².